The molecule has 3 heterocycles. The lowest BCUT2D eigenvalue weighted by Gasteiger charge is -2.56. The molecule has 7 aliphatic rings. The molecule has 4 aliphatic carbocycles. The largest absolute Gasteiger partial charge is 0.392 e. The Morgan fingerprint density at radius 1 is 0.811 bits per heavy atom. The van der Waals surface area contributed by atoms with Crippen molar-refractivity contribution >= 4 is 6.03 Å². The van der Waals surface area contributed by atoms with Gasteiger partial charge in [0.15, 0.2) is 12.1 Å². The number of carbonyl (C=O) groups is 1. The van der Waals surface area contributed by atoms with Crippen LogP contribution in [0.5, 0.6) is 0 Å². The summed E-state index contributed by atoms with van der Waals surface area (Å²) in [7, 11) is 0. The van der Waals surface area contributed by atoms with Crippen molar-refractivity contribution in [3.05, 3.63) is 95.1 Å². The molecular weight excluding hydrogens is 666 g/mol. The Balaban J connectivity index is 0.861. The van der Waals surface area contributed by atoms with Crippen LogP contribution in [0.1, 0.15) is 92.9 Å². The van der Waals surface area contributed by atoms with Crippen LogP contribution in [0, 0.1) is 23.7 Å². The fourth-order valence-corrected chi connectivity index (χ4v) is 10.9. The van der Waals surface area contributed by atoms with Crippen LogP contribution in [0.2, 0.25) is 0 Å². The van der Waals surface area contributed by atoms with Gasteiger partial charge in [-0.3, -0.25) is 0 Å². The van der Waals surface area contributed by atoms with Crippen LogP contribution in [0.4, 0.5) is 4.79 Å². The first-order valence-electron chi connectivity index (χ1n) is 20.1. The first-order valence-corrected chi connectivity index (χ1v) is 20.1. The van der Waals surface area contributed by atoms with Crippen molar-refractivity contribution in [2.24, 2.45) is 23.7 Å². The second-order valence-corrected chi connectivity index (χ2v) is 17.1. The minimum atomic E-state index is -0.520. The predicted octanol–water partition coefficient (Wildman–Crippen LogP) is 7.24. The number of hydrogen-bond acceptors (Lipinski definition) is 7. The fraction of sp³-hybridized carbons (Fsp3) is 0.568. The van der Waals surface area contributed by atoms with Crippen LogP contribution in [0.15, 0.2) is 72.8 Å². The van der Waals surface area contributed by atoms with Gasteiger partial charge in [-0.2, -0.15) is 0 Å². The van der Waals surface area contributed by atoms with Crippen LogP contribution in [-0.4, -0.2) is 66.3 Å². The zero-order valence-corrected chi connectivity index (χ0v) is 31.0. The van der Waals surface area contributed by atoms with E-state index >= 15 is 0 Å². The van der Waals surface area contributed by atoms with Crippen molar-refractivity contribution in [1.82, 2.24) is 15.5 Å². The number of carbonyl (C=O) groups excluding carboxylic acids is 1. The number of amides is 2. The van der Waals surface area contributed by atoms with E-state index in [1.807, 2.05) is 12.1 Å². The van der Waals surface area contributed by atoms with Crippen LogP contribution in [-0.2, 0) is 32.1 Å². The lowest BCUT2D eigenvalue weighted by molar-refractivity contribution is -0.278. The van der Waals surface area contributed by atoms with Gasteiger partial charge in [-0.05, 0) is 90.2 Å². The highest BCUT2D eigenvalue weighted by atomic mass is 16.7. The molecule has 4 saturated carbocycles. The molecule has 10 rings (SSSR count). The normalized spacial score (nSPS) is 33.3. The summed E-state index contributed by atoms with van der Waals surface area (Å²) in [5.41, 5.74) is 6.25. The Morgan fingerprint density at radius 3 is 2.13 bits per heavy atom. The average Bonchev–Trinajstić information content (AvgIpc) is 3.63. The summed E-state index contributed by atoms with van der Waals surface area (Å²) in [6.07, 6.45) is 8.56. The van der Waals surface area contributed by atoms with E-state index in [0.717, 1.165) is 103 Å². The second kappa shape index (κ2) is 14.7. The molecule has 3 saturated heterocycles. The molecule has 9 heteroatoms. The van der Waals surface area contributed by atoms with E-state index in [1.54, 1.807) is 0 Å². The summed E-state index contributed by atoms with van der Waals surface area (Å²) in [4.78, 5) is 15.6. The maximum absolute atomic E-state index is 13.1. The molecule has 2 amide bonds. The number of urea groups is 1. The van der Waals surface area contributed by atoms with Crippen LogP contribution in [0.25, 0.3) is 11.1 Å². The standard InChI is InChI=1S/C44H55N3O6/c1-29-39(27-47-15-13-44(14-16-47)50-17-18-51-44)52-41(53-40(29)36-7-5-30(28-48)6-8-36)37-11-9-35(10-12-37)38-4-2-3-31(22-38)26-45-42(49)46-43-23-32-19-33(24-43)21-34(20-32)25-43/h2-12,22,29,32-34,39-41,48H,13-21,23-28H2,1H3,(H2,45,46,49). The van der Waals surface area contributed by atoms with Crippen LogP contribution < -0.4 is 10.6 Å². The second-order valence-electron chi connectivity index (χ2n) is 17.1. The third kappa shape index (κ3) is 7.53. The number of ether oxygens (including phenoxy) is 4. The summed E-state index contributed by atoms with van der Waals surface area (Å²) in [5, 5.41) is 16.3. The minimum Gasteiger partial charge on any atom is -0.392 e. The molecular formula is C44H55N3O6. The van der Waals surface area contributed by atoms with Gasteiger partial charge in [0.2, 0.25) is 0 Å². The van der Waals surface area contributed by atoms with Gasteiger partial charge in [0.25, 0.3) is 0 Å². The predicted molar refractivity (Wildman–Crippen MR) is 201 cm³/mol. The fourth-order valence-electron chi connectivity index (χ4n) is 10.9. The molecule has 4 bridgehead atoms. The number of benzene rings is 3. The molecule has 3 aromatic carbocycles. The number of nitrogens with zero attached hydrogens (tertiary/aromatic N) is 1. The number of nitrogens with one attached hydrogen (secondary N) is 2. The van der Waals surface area contributed by atoms with Gasteiger partial charge in [0.1, 0.15) is 0 Å². The van der Waals surface area contributed by atoms with E-state index in [2.05, 4.69) is 83.1 Å². The first kappa shape index (κ1) is 35.4. The van der Waals surface area contributed by atoms with Crippen molar-refractivity contribution in [3.63, 3.8) is 0 Å². The van der Waals surface area contributed by atoms with Crippen LogP contribution >= 0.6 is 0 Å². The number of aliphatic hydroxyl groups is 1. The molecule has 0 aromatic heterocycles. The zero-order chi connectivity index (χ0) is 36.0. The molecule has 4 atom stereocenters. The SMILES string of the molecule is CC1C(CN2CCC3(CC2)OCCO3)OC(c2ccc(-c3cccc(CNC(=O)NC45CC6CC(CC(C6)C4)C5)c3)cc2)OC1c1ccc(CO)cc1. The maximum atomic E-state index is 13.1. The number of aliphatic hydroxyl groups excluding tert-OH is 1. The Kier molecular flexibility index (Phi) is 9.84. The topological polar surface area (TPSA) is 102 Å². The monoisotopic (exact) mass is 721 g/mol. The van der Waals surface area contributed by atoms with Crippen molar-refractivity contribution < 1.29 is 28.8 Å². The highest BCUT2D eigenvalue weighted by molar-refractivity contribution is 5.75. The first-order chi connectivity index (χ1) is 25.8. The van der Waals surface area contributed by atoms with Crippen molar-refractivity contribution in [1.29, 1.82) is 0 Å². The highest BCUT2D eigenvalue weighted by Crippen LogP contribution is 2.55. The molecule has 4 unspecified atom stereocenters. The summed E-state index contributed by atoms with van der Waals surface area (Å²) in [6, 6.07) is 25.0. The van der Waals surface area contributed by atoms with Gasteiger partial charge < -0.3 is 39.6 Å². The van der Waals surface area contributed by atoms with Gasteiger partial charge in [-0.1, -0.05) is 73.7 Å². The summed E-state index contributed by atoms with van der Waals surface area (Å²) < 4.78 is 25.5. The lowest BCUT2D eigenvalue weighted by Crippen LogP contribution is -2.61. The van der Waals surface area contributed by atoms with Crippen molar-refractivity contribution in [2.75, 3.05) is 32.8 Å². The van der Waals surface area contributed by atoms with E-state index in [9.17, 15) is 9.90 Å². The highest BCUT2D eigenvalue weighted by Gasteiger charge is 2.51. The molecule has 282 valence electrons. The van der Waals surface area contributed by atoms with E-state index in [4.69, 9.17) is 18.9 Å². The quantitative estimate of drug-likeness (QED) is 0.214. The molecule has 53 heavy (non-hydrogen) atoms. The van der Waals surface area contributed by atoms with E-state index < -0.39 is 12.1 Å². The Hall–Kier alpha value is -3.31. The average molecular weight is 722 g/mol. The lowest BCUT2D eigenvalue weighted by atomic mass is 9.53. The zero-order valence-electron chi connectivity index (χ0n) is 31.0. The third-order valence-electron chi connectivity index (χ3n) is 13.3. The van der Waals surface area contributed by atoms with Crippen molar-refractivity contribution in [3.8, 4) is 11.1 Å². The van der Waals surface area contributed by atoms with Gasteiger partial charge in [-0.25, -0.2) is 4.79 Å². The smallest absolute Gasteiger partial charge is 0.315 e. The third-order valence-corrected chi connectivity index (χ3v) is 13.3. The molecule has 9 nitrogen and oxygen atoms in total. The van der Waals surface area contributed by atoms with Gasteiger partial charge in [-0.15, -0.1) is 0 Å². The van der Waals surface area contributed by atoms with E-state index in [-0.39, 0.29) is 36.3 Å². The Morgan fingerprint density at radius 2 is 1.47 bits per heavy atom. The van der Waals surface area contributed by atoms with E-state index in [0.29, 0.717) is 19.8 Å². The molecule has 0 radical (unpaired) electrons. The summed E-state index contributed by atoms with van der Waals surface area (Å²) >= 11 is 0. The Bertz CT molecular complexity index is 1700. The number of rotatable bonds is 9. The van der Waals surface area contributed by atoms with Gasteiger partial charge >= 0.3 is 6.03 Å². The minimum absolute atomic E-state index is 0.00759. The van der Waals surface area contributed by atoms with E-state index in [1.165, 1.54) is 19.3 Å². The summed E-state index contributed by atoms with van der Waals surface area (Å²) in [6.45, 7) is 6.71. The maximum Gasteiger partial charge on any atom is 0.315 e. The number of likely N-dealkylation sites (tertiary alicyclic amines) is 1. The molecule has 3 aliphatic heterocycles. The van der Waals surface area contributed by atoms with Crippen molar-refractivity contribution in [2.45, 2.75) is 101 Å². The van der Waals surface area contributed by atoms with Crippen LogP contribution in [0.3, 0.4) is 0 Å². The molecule has 1 spiro atoms. The molecule has 7 fully saturated rings. The molecule has 3 aromatic rings. The summed E-state index contributed by atoms with van der Waals surface area (Å²) in [5.74, 6) is 2.11. The van der Waals surface area contributed by atoms with Gasteiger partial charge in [0, 0.05) is 56.0 Å². The number of hydrogen-bond donors (Lipinski definition) is 3. The molecule has 3 N–H and O–H groups in total. The Labute approximate surface area is 313 Å². The van der Waals surface area contributed by atoms with Gasteiger partial charge in [0.05, 0.1) is 32.0 Å². The number of piperidine rings is 1.